The van der Waals surface area contributed by atoms with Crippen molar-refractivity contribution >= 4 is 23.0 Å². The van der Waals surface area contributed by atoms with Crippen LogP contribution in [0.1, 0.15) is 72.7 Å². The smallest absolute Gasteiger partial charge is 0.408 e. The Morgan fingerprint density at radius 1 is 1.10 bits per heavy atom. The van der Waals surface area contributed by atoms with E-state index in [1.165, 1.54) is 17.2 Å². The van der Waals surface area contributed by atoms with E-state index in [9.17, 15) is 14.7 Å². The van der Waals surface area contributed by atoms with E-state index in [0.717, 1.165) is 11.9 Å². The fraction of sp³-hybridized carbons (Fsp3) is 0.571. The molecule has 12 nitrogen and oxygen atoms in total. The minimum Gasteiger partial charge on any atom is -0.492 e. The van der Waals surface area contributed by atoms with E-state index in [4.69, 9.17) is 19.2 Å². The van der Waals surface area contributed by atoms with Crippen LogP contribution in [0.3, 0.4) is 0 Å². The number of nitrogens with zero attached hydrogens (tertiary/aromatic N) is 4. The van der Waals surface area contributed by atoms with Crippen molar-refractivity contribution in [2.75, 3.05) is 18.6 Å². The summed E-state index contributed by atoms with van der Waals surface area (Å²) in [7, 11) is 1.84. The number of unbranched alkanes of at least 4 members (excludes halogenated alkanes) is 1. The Hall–Kier alpha value is -3.80. The van der Waals surface area contributed by atoms with Gasteiger partial charge in [-0.1, -0.05) is 40.5 Å². The number of ether oxygens (including phenoxy) is 3. The number of hydrogen-bond acceptors (Lipinski definition) is 8. The van der Waals surface area contributed by atoms with Gasteiger partial charge in [0.2, 0.25) is 0 Å². The molecule has 3 aromatic rings. The summed E-state index contributed by atoms with van der Waals surface area (Å²) in [4.78, 5) is 32.0. The minimum atomic E-state index is -1.52. The van der Waals surface area contributed by atoms with Crippen LogP contribution in [-0.4, -0.2) is 61.9 Å². The normalized spacial score (nSPS) is 13.9. The van der Waals surface area contributed by atoms with Gasteiger partial charge in [-0.25, -0.2) is 15.2 Å². The molecular weight excluding hydrogens is 516 g/mol. The van der Waals surface area contributed by atoms with E-state index in [-0.39, 0.29) is 0 Å². The van der Waals surface area contributed by atoms with Gasteiger partial charge >= 0.3 is 6.09 Å². The topological polar surface area (TPSA) is 142 Å². The van der Waals surface area contributed by atoms with Crippen molar-refractivity contribution in [3.63, 3.8) is 0 Å². The lowest BCUT2D eigenvalue weighted by molar-refractivity contribution is -0.126. The number of aliphatic hydroxyl groups excluding tert-OH is 1. The summed E-state index contributed by atoms with van der Waals surface area (Å²) in [6.45, 7) is 12.6. The van der Waals surface area contributed by atoms with Crippen LogP contribution >= 0.6 is 0 Å². The maximum absolute atomic E-state index is 13.3. The number of benzene rings is 1. The Kier molecular flexibility index (Phi) is 10.4. The third kappa shape index (κ3) is 7.23. The van der Waals surface area contributed by atoms with Crippen LogP contribution in [0.15, 0.2) is 30.6 Å². The molecule has 0 unspecified atom stereocenters. The molecule has 40 heavy (non-hydrogen) atoms. The summed E-state index contributed by atoms with van der Waals surface area (Å²) >= 11 is 0. The van der Waals surface area contributed by atoms with Crippen LogP contribution in [0.25, 0.3) is 11.0 Å². The van der Waals surface area contributed by atoms with E-state index >= 15 is 0 Å². The number of nitrogens with one attached hydrogen (secondary N) is 2. The number of aromatic nitrogens is 4. The van der Waals surface area contributed by atoms with Crippen molar-refractivity contribution in [1.29, 1.82) is 0 Å². The number of carbonyl (C=O) groups is 2. The Morgan fingerprint density at radius 2 is 1.77 bits per heavy atom. The number of amides is 2. The lowest BCUT2D eigenvalue weighted by Crippen LogP contribution is -2.50. The number of imidazole rings is 1. The Bertz CT molecular complexity index is 1270. The van der Waals surface area contributed by atoms with Gasteiger partial charge in [-0.2, -0.15) is 9.89 Å². The van der Waals surface area contributed by atoms with Gasteiger partial charge in [-0.3, -0.25) is 4.79 Å². The quantitative estimate of drug-likeness (QED) is 0.285. The van der Waals surface area contributed by atoms with E-state index in [2.05, 4.69) is 15.8 Å². The lowest BCUT2D eigenvalue weighted by atomic mass is 9.88. The van der Waals surface area contributed by atoms with Gasteiger partial charge in [0.25, 0.3) is 5.91 Å². The molecule has 0 radical (unpaired) electrons. The average Bonchev–Trinajstić information content (AvgIpc) is 3.53. The molecule has 0 saturated heterocycles. The first kappa shape index (κ1) is 30.7. The summed E-state index contributed by atoms with van der Waals surface area (Å²) in [5, 5.41) is 17.4. The second-order valence-corrected chi connectivity index (χ2v) is 10.6. The zero-order valence-corrected chi connectivity index (χ0v) is 24.4. The van der Waals surface area contributed by atoms with Crippen LogP contribution in [-0.2, 0) is 16.6 Å². The Labute approximate surface area is 235 Å². The zero-order valence-electron chi connectivity index (χ0n) is 24.4. The minimum absolute atomic E-state index is 0.376. The van der Waals surface area contributed by atoms with Crippen LogP contribution in [0.4, 0.5) is 4.79 Å². The molecule has 2 heterocycles. The number of carbonyl (C=O) groups excluding carboxylic acids is 2. The molecule has 0 aliphatic heterocycles. The van der Waals surface area contributed by atoms with Gasteiger partial charge in [-0.05, 0) is 38.5 Å². The average molecular weight is 559 g/mol. The second kappa shape index (κ2) is 13.5. The third-order valence-corrected chi connectivity index (χ3v) is 6.38. The first-order valence-electron chi connectivity index (χ1n) is 13.7. The van der Waals surface area contributed by atoms with Crippen molar-refractivity contribution in [3.05, 3.63) is 36.4 Å². The fourth-order valence-electron chi connectivity index (χ4n) is 4.40. The van der Waals surface area contributed by atoms with Crippen molar-refractivity contribution < 1.29 is 28.9 Å². The summed E-state index contributed by atoms with van der Waals surface area (Å²) in [5.41, 5.74) is 3.26. The lowest BCUT2D eigenvalue weighted by Gasteiger charge is -2.31. The van der Waals surface area contributed by atoms with Gasteiger partial charge in [0.15, 0.2) is 18.0 Å². The molecule has 12 heteroatoms. The monoisotopic (exact) mass is 558 g/mol. The number of fused-ring (bicyclic) bond motifs is 1. The molecule has 3 rings (SSSR count). The van der Waals surface area contributed by atoms with E-state index in [0.29, 0.717) is 48.9 Å². The Balaban J connectivity index is 1.90. The van der Waals surface area contributed by atoms with Crippen molar-refractivity contribution in [2.45, 2.75) is 79.1 Å². The highest BCUT2D eigenvalue weighted by Crippen LogP contribution is 2.40. The van der Waals surface area contributed by atoms with Gasteiger partial charge in [-0.15, -0.1) is 0 Å². The van der Waals surface area contributed by atoms with Crippen molar-refractivity contribution in [2.24, 2.45) is 12.5 Å². The predicted octanol–water partition coefficient (Wildman–Crippen LogP) is 4.07. The molecule has 0 bridgehead atoms. The predicted molar refractivity (Wildman–Crippen MR) is 151 cm³/mol. The number of alkyl carbamates (subject to hydrolysis) is 1. The molecule has 2 aromatic heterocycles. The van der Waals surface area contributed by atoms with Crippen molar-refractivity contribution in [3.8, 4) is 11.5 Å². The van der Waals surface area contributed by atoms with Crippen LogP contribution in [0, 0.1) is 5.41 Å². The van der Waals surface area contributed by atoms with Crippen molar-refractivity contribution in [1.82, 2.24) is 24.8 Å². The zero-order chi connectivity index (χ0) is 29.4. The summed E-state index contributed by atoms with van der Waals surface area (Å²) in [5.74, 6) is 1.06. The second-order valence-electron chi connectivity index (χ2n) is 10.6. The molecule has 2 amide bonds. The molecule has 0 aliphatic carbocycles. The molecular formula is C28H42N6O6. The molecule has 220 valence electrons. The van der Waals surface area contributed by atoms with Gasteiger partial charge in [0.05, 0.1) is 25.5 Å². The molecule has 0 saturated carbocycles. The largest absolute Gasteiger partial charge is 0.492 e. The molecule has 1 aromatic carbocycles. The Morgan fingerprint density at radius 3 is 2.38 bits per heavy atom. The summed E-state index contributed by atoms with van der Waals surface area (Å²) in [6, 6.07) is 4.43. The standard InChI is InChI=1S/C28H42N6O6/c1-8-11-13-18(23(35)26(36)32-34-17-12-16-29-34)30-27(37)40-24(28(4,5)6)25-31-21-19(38-9-2)14-15-20(39-10-3)22(21)33(25)7/h12,14-18,23-24,35H,8-11,13H2,1-7H3,(H,30,37)(H,32,36)/t18-,23+,24+/m0/s1. The fourth-order valence-corrected chi connectivity index (χ4v) is 4.40. The number of aryl methyl sites for hydroxylation is 1. The number of hydrogen-bond donors (Lipinski definition) is 3. The van der Waals surface area contributed by atoms with Crippen LogP contribution in [0.5, 0.6) is 11.5 Å². The van der Waals surface area contributed by atoms with Gasteiger partial charge in [0.1, 0.15) is 22.5 Å². The maximum atomic E-state index is 13.3. The molecule has 3 N–H and O–H groups in total. The SMILES string of the molecule is CCCC[C@H](NC(=O)O[C@H](c1nc2c(OCC)ccc(OCC)c2n1C)C(C)(C)C)[C@@H](O)C(=O)Nn1cccn1. The number of rotatable bonds is 13. The summed E-state index contributed by atoms with van der Waals surface area (Å²) < 4.78 is 19.5. The van der Waals surface area contributed by atoms with Crippen LogP contribution in [0.2, 0.25) is 0 Å². The number of aliphatic hydroxyl groups is 1. The van der Waals surface area contributed by atoms with Gasteiger partial charge < -0.3 is 29.2 Å². The van der Waals surface area contributed by atoms with E-state index < -0.39 is 35.7 Å². The first-order chi connectivity index (χ1) is 19.0. The third-order valence-electron chi connectivity index (χ3n) is 6.38. The molecule has 0 fully saturated rings. The molecule has 0 spiro atoms. The summed E-state index contributed by atoms with van der Waals surface area (Å²) in [6.07, 6.45) is 1.84. The molecule has 0 aliphatic rings. The highest BCUT2D eigenvalue weighted by atomic mass is 16.6. The van der Waals surface area contributed by atoms with E-state index in [1.807, 2.05) is 65.3 Å². The molecule has 3 atom stereocenters. The highest BCUT2D eigenvalue weighted by molar-refractivity contribution is 5.89. The van der Waals surface area contributed by atoms with Crippen LogP contribution < -0.4 is 20.2 Å². The maximum Gasteiger partial charge on any atom is 0.408 e. The van der Waals surface area contributed by atoms with E-state index in [1.54, 1.807) is 6.07 Å². The van der Waals surface area contributed by atoms with Gasteiger partial charge in [0, 0.05) is 18.7 Å². The highest BCUT2D eigenvalue weighted by Gasteiger charge is 2.36. The first-order valence-corrected chi connectivity index (χ1v) is 13.7.